The Morgan fingerprint density at radius 1 is 1.33 bits per heavy atom. The van der Waals surface area contributed by atoms with Gasteiger partial charge in [0.25, 0.3) is 0 Å². The van der Waals surface area contributed by atoms with Gasteiger partial charge in [-0.3, -0.25) is 4.99 Å². The van der Waals surface area contributed by atoms with Crippen LogP contribution in [-0.4, -0.2) is 44.7 Å². The Hall–Kier alpha value is -1.36. The van der Waals surface area contributed by atoms with E-state index in [9.17, 15) is 0 Å². The molecule has 0 radical (unpaired) electrons. The van der Waals surface area contributed by atoms with Crippen LogP contribution in [0.1, 0.15) is 18.9 Å². The molecule has 0 spiro atoms. The Balaban J connectivity index is 2.35. The third-order valence-corrected chi connectivity index (χ3v) is 3.58. The monoisotopic (exact) mass is 309 g/mol. The van der Waals surface area contributed by atoms with Gasteiger partial charge in [-0.1, -0.05) is 12.1 Å². The summed E-state index contributed by atoms with van der Waals surface area (Å²) >= 11 is 1.83. The van der Waals surface area contributed by atoms with E-state index in [0.29, 0.717) is 0 Å². The first-order chi connectivity index (χ1) is 10.3. The second kappa shape index (κ2) is 11.3. The Bertz CT molecular complexity index is 424. The van der Waals surface area contributed by atoms with Crippen LogP contribution < -0.4 is 15.4 Å². The van der Waals surface area contributed by atoms with Gasteiger partial charge in [0.15, 0.2) is 5.96 Å². The SMILES string of the molecule is CCNC(=NCCCc1cccc(OC)c1)NCCSC. The average molecular weight is 309 g/mol. The standard InChI is InChI=1S/C16H27N3OS/c1-4-17-16(19-11-12-21-3)18-10-6-8-14-7-5-9-15(13-14)20-2/h5,7,9,13H,4,6,8,10-12H2,1-3H3,(H2,17,18,19). The van der Waals surface area contributed by atoms with Crippen molar-refractivity contribution in [3.05, 3.63) is 29.8 Å². The van der Waals surface area contributed by atoms with Gasteiger partial charge in [0.1, 0.15) is 5.75 Å². The summed E-state index contributed by atoms with van der Waals surface area (Å²) in [5, 5.41) is 6.60. The van der Waals surface area contributed by atoms with Crippen LogP contribution in [0, 0.1) is 0 Å². The summed E-state index contributed by atoms with van der Waals surface area (Å²) < 4.78 is 5.24. The minimum absolute atomic E-state index is 0.825. The first-order valence-corrected chi connectivity index (χ1v) is 8.83. The summed E-state index contributed by atoms with van der Waals surface area (Å²) in [6.07, 6.45) is 4.16. The molecule has 1 aromatic carbocycles. The molecule has 0 aromatic heterocycles. The van der Waals surface area contributed by atoms with E-state index in [1.165, 1.54) is 5.56 Å². The van der Waals surface area contributed by atoms with Crippen molar-refractivity contribution in [1.29, 1.82) is 0 Å². The molecule has 118 valence electrons. The number of aliphatic imine (C=N–C) groups is 1. The lowest BCUT2D eigenvalue weighted by atomic mass is 10.1. The molecular formula is C16H27N3OS. The molecule has 0 amide bonds. The van der Waals surface area contributed by atoms with Crippen LogP contribution in [0.3, 0.4) is 0 Å². The number of ether oxygens (including phenoxy) is 1. The molecule has 0 aliphatic rings. The van der Waals surface area contributed by atoms with Gasteiger partial charge in [-0.25, -0.2) is 0 Å². The lowest BCUT2D eigenvalue weighted by molar-refractivity contribution is 0.414. The van der Waals surface area contributed by atoms with E-state index in [0.717, 1.165) is 49.9 Å². The molecule has 1 aromatic rings. The van der Waals surface area contributed by atoms with Gasteiger partial charge in [-0.15, -0.1) is 0 Å². The first kappa shape index (κ1) is 17.7. The maximum absolute atomic E-state index is 5.24. The molecule has 5 heteroatoms. The van der Waals surface area contributed by atoms with Crippen molar-refractivity contribution >= 4 is 17.7 Å². The number of rotatable bonds is 9. The molecule has 1 rings (SSSR count). The maximum atomic E-state index is 5.24. The fourth-order valence-electron chi connectivity index (χ4n) is 1.92. The van der Waals surface area contributed by atoms with Crippen LogP contribution >= 0.6 is 11.8 Å². The molecular weight excluding hydrogens is 282 g/mol. The molecule has 0 saturated heterocycles. The number of nitrogens with one attached hydrogen (secondary N) is 2. The van der Waals surface area contributed by atoms with Gasteiger partial charge < -0.3 is 15.4 Å². The van der Waals surface area contributed by atoms with E-state index in [-0.39, 0.29) is 0 Å². The number of hydrogen-bond acceptors (Lipinski definition) is 3. The van der Waals surface area contributed by atoms with Crippen LogP contribution in [-0.2, 0) is 6.42 Å². The van der Waals surface area contributed by atoms with Crippen LogP contribution in [0.15, 0.2) is 29.3 Å². The Morgan fingerprint density at radius 2 is 2.19 bits per heavy atom. The summed E-state index contributed by atoms with van der Waals surface area (Å²) in [5.74, 6) is 2.93. The third kappa shape index (κ3) is 7.85. The Morgan fingerprint density at radius 3 is 2.90 bits per heavy atom. The first-order valence-electron chi connectivity index (χ1n) is 7.44. The lowest BCUT2D eigenvalue weighted by Crippen LogP contribution is -2.38. The van der Waals surface area contributed by atoms with Gasteiger partial charge >= 0.3 is 0 Å². The highest BCUT2D eigenvalue weighted by atomic mass is 32.2. The van der Waals surface area contributed by atoms with E-state index in [1.54, 1.807) is 7.11 Å². The predicted octanol–water partition coefficient (Wildman–Crippen LogP) is 2.55. The molecule has 0 aliphatic carbocycles. The number of nitrogens with zero attached hydrogens (tertiary/aromatic N) is 1. The molecule has 2 N–H and O–H groups in total. The highest BCUT2D eigenvalue weighted by Crippen LogP contribution is 2.13. The predicted molar refractivity (Wildman–Crippen MR) is 93.7 cm³/mol. The van der Waals surface area contributed by atoms with E-state index in [4.69, 9.17) is 4.74 Å². The molecule has 0 heterocycles. The summed E-state index contributed by atoms with van der Waals surface area (Å²) in [4.78, 5) is 4.60. The summed E-state index contributed by atoms with van der Waals surface area (Å²) in [5.41, 5.74) is 1.30. The minimum Gasteiger partial charge on any atom is -0.497 e. The number of thioether (sulfide) groups is 1. The summed E-state index contributed by atoms with van der Waals surface area (Å²) in [7, 11) is 1.70. The van der Waals surface area contributed by atoms with Gasteiger partial charge in [0.2, 0.25) is 0 Å². The van der Waals surface area contributed by atoms with Crippen molar-refractivity contribution in [2.75, 3.05) is 38.8 Å². The lowest BCUT2D eigenvalue weighted by Gasteiger charge is -2.10. The molecule has 4 nitrogen and oxygen atoms in total. The minimum atomic E-state index is 0.825. The zero-order chi connectivity index (χ0) is 15.3. The van der Waals surface area contributed by atoms with Crippen LogP contribution in [0.2, 0.25) is 0 Å². The van der Waals surface area contributed by atoms with Crippen molar-refractivity contribution in [1.82, 2.24) is 10.6 Å². The second-order valence-electron chi connectivity index (χ2n) is 4.64. The van der Waals surface area contributed by atoms with Crippen molar-refractivity contribution in [3.63, 3.8) is 0 Å². The van der Waals surface area contributed by atoms with Crippen molar-refractivity contribution in [3.8, 4) is 5.75 Å². The van der Waals surface area contributed by atoms with E-state index in [2.05, 4.69) is 40.9 Å². The summed E-state index contributed by atoms with van der Waals surface area (Å²) in [6.45, 7) is 4.75. The molecule has 0 saturated carbocycles. The van der Waals surface area contributed by atoms with Gasteiger partial charge in [0.05, 0.1) is 7.11 Å². The number of benzene rings is 1. The fourth-order valence-corrected chi connectivity index (χ4v) is 2.22. The number of methoxy groups -OCH3 is 1. The Kier molecular flexibility index (Phi) is 9.53. The fraction of sp³-hybridized carbons (Fsp3) is 0.562. The van der Waals surface area contributed by atoms with Crippen LogP contribution in [0.4, 0.5) is 0 Å². The largest absolute Gasteiger partial charge is 0.497 e. The molecule has 0 atom stereocenters. The van der Waals surface area contributed by atoms with E-state index in [1.807, 2.05) is 23.9 Å². The van der Waals surface area contributed by atoms with Crippen LogP contribution in [0.25, 0.3) is 0 Å². The number of guanidine groups is 1. The van der Waals surface area contributed by atoms with Gasteiger partial charge in [0, 0.05) is 25.4 Å². The van der Waals surface area contributed by atoms with Crippen molar-refractivity contribution in [2.45, 2.75) is 19.8 Å². The molecule has 0 fully saturated rings. The quantitative estimate of drug-likeness (QED) is 0.418. The average Bonchev–Trinajstić information content (AvgIpc) is 2.52. The zero-order valence-electron chi connectivity index (χ0n) is 13.3. The smallest absolute Gasteiger partial charge is 0.191 e. The molecule has 0 aliphatic heterocycles. The molecule has 0 unspecified atom stereocenters. The zero-order valence-corrected chi connectivity index (χ0v) is 14.1. The maximum Gasteiger partial charge on any atom is 0.191 e. The number of aryl methyl sites for hydroxylation is 1. The summed E-state index contributed by atoms with van der Waals surface area (Å²) in [6, 6.07) is 8.23. The second-order valence-corrected chi connectivity index (χ2v) is 5.62. The van der Waals surface area contributed by atoms with Crippen molar-refractivity contribution in [2.24, 2.45) is 4.99 Å². The Labute approximate surface area is 132 Å². The topological polar surface area (TPSA) is 45.7 Å². The highest BCUT2D eigenvalue weighted by molar-refractivity contribution is 7.98. The third-order valence-electron chi connectivity index (χ3n) is 2.97. The van der Waals surface area contributed by atoms with Gasteiger partial charge in [-0.2, -0.15) is 11.8 Å². The van der Waals surface area contributed by atoms with Crippen molar-refractivity contribution < 1.29 is 4.74 Å². The number of hydrogen-bond donors (Lipinski definition) is 2. The molecule has 21 heavy (non-hydrogen) atoms. The van der Waals surface area contributed by atoms with Gasteiger partial charge in [-0.05, 0) is 43.7 Å². The molecule has 0 bridgehead atoms. The van der Waals surface area contributed by atoms with E-state index < -0.39 is 0 Å². The normalized spacial score (nSPS) is 11.3. The van der Waals surface area contributed by atoms with Crippen LogP contribution in [0.5, 0.6) is 5.75 Å². The van der Waals surface area contributed by atoms with E-state index >= 15 is 0 Å². The highest BCUT2D eigenvalue weighted by Gasteiger charge is 1.98.